The molecule has 6 heteroatoms. The van der Waals surface area contributed by atoms with Gasteiger partial charge in [0.05, 0.1) is 5.69 Å². The molecule has 2 heterocycles. The smallest absolute Gasteiger partial charge is 0.257 e. The second-order valence-corrected chi connectivity index (χ2v) is 7.22. The molecule has 3 rings (SSSR count). The predicted molar refractivity (Wildman–Crippen MR) is 107 cm³/mol. The van der Waals surface area contributed by atoms with Crippen molar-refractivity contribution in [1.82, 2.24) is 15.5 Å². The van der Waals surface area contributed by atoms with Gasteiger partial charge in [-0.3, -0.25) is 4.79 Å². The van der Waals surface area contributed by atoms with Crippen LogP contribution in [0.15, 0.2) is 41.1 Å². The van der Waals surface area contributed by atoms with Crippen LogP contribution < -0.4 is 10.1 Å². The van der Waals surface area contributed by atoms with Crippen molar-refractivity contribution in [3.8, 4) is 11.6 Å². The molecule has 3 aromatic rings. The van der Waals surface area contributed by atoms with E-state index in [1.165, 1.54) is 0 Å². The van der Waals surface area contributed by atoms with E-state index in [2.05, 4.69) is 15.5 Å². The highest BCUT2D eigenvalue weighted by molar-refractivity contribution is 5.96. The van der Waals surface area contributed by atoms with Gasteiger partial charge in [-0.2, -0.15) is 0 Å². The quantitative estimate of drug-likeness (QED) is 0.663. The van der Waals surface area contributed by atoms with Gasteiger partial charge in [0.25, 0.3) is 5.91 Å². The fourth-order valence-corrected chi connectivity index (χ4v) is 2.83. The standard InChI is InChI=1S/C22H25N3O3/c1-13(2)21-20(16(5)25-28-21)22(26)24-12-17-8-9-19(23-11-17)27-18-10-14(3)6-7-15(18)4/h6-11,13H,12H2,1-5H3,(H,24,26). The van der Waals surface area contributed by atoms with Crippen molar-refractivity contribution >= 4 is 5.91 Å². The number of carbonyl (C=O) groups is 1. The zero-order valence-corrected chi connectivity index (χ0v) is 16.9. The summed E-state index contributed by atoms with van der Waals surface area (Å²) in [7, 11) is 0. The first-order valence-corrected chi connectivity index (χ1v) is 9.29. The Bertz CT molecular complexity index is 975. The van der Waals surface area contributed by atoms with Gasteiger partial charge in [0.1, 0.15) is 11.3 Å². The largest absolute Gasteiger partial charge is 0.439 e. The first kappa shape index (κ1) is 19.6. The molecule has 0 saturated heterocycles. The number of amides is 1. The van der Waals surface area contributed by atoms with Gasteiger partial charge in [0.15, 0.2) is 5.76 Å². The minimum absolute atomic E-state index is 0.0881. The Kier molecular flexibility index (Phi) is 5.78. The normalized spacial score (nSPS) is 10.9. The van der Waals surface area contributed by atoms with Crippen LogP contribution in [-0.2, 0) is 6.54 Å². The second kappa shape index (κ2) is 8.25. The molecule has 0 bridgehead atoms. The molecule has 1 aromatic carbocycles. The van der Waals surface area contributed by atoms with E-state index in [0.717, 1.165) is 22.4 Å². The molecule has 28 heavy (non-hydrogen) atoms. The van der Waals surface area contributed by atoms with Gasteiger partial charge < -0.3 is 14.6 Å². The van der Waals surface area contributed by atoms with E-state index in [0.29, 0.717) is 29.4 Å². The van der Waals surface area contributed by atoms with E-state index in [4.69, 9.17) is 9.26 Å². The minimum Gasteiger partial charge on any atom is -0.439 e. The summed E-state index contributed by atoms with van der Waals surface area (Å²) in [6, 6.07) is 9.74. The molecule has 0 radical (unpaired) electrons. The summed E-state index contributed by atoms with van der Waals surface area (Å²) in [4.78, 5) is 16.9. The molecule has 0 fully saturated rings. The number of hydrogen-bond acceptors (Lipinski definition) is 5. The van der Waals surface area contributed by atoms with Gasteiger partial charge >= 0.3 is 0 Å². The number of pyridine rings is 1. The van der Waals surface area contributed by atoms with Crippen molar-refractivity contribution in [2.24, 2.45) is 0 Å². The number of aryl methyl sites for hydroxylation is 3. The highest BCUT2D eigenvalue weighted by Gasteiger charge is 2.22. The Morgan fingerprint density at radius 2 is 1.96 bits per heavy atom. The van der Waals surface area contributed by atoms with E-state index < -0.39 is 0 Å². The zero-order chi connectivity index (χ0) is 20.3. The number of nitrogens with one attached hydrogen (secondary N) is 1. The van der Waals surface area contributed by atoms with Crippen LogP contribution in [0.4, 0.5) is 0 Å². The maximum absolute atomic E-state index is 12.5. The summed E-state index contributed by atoms with van der Waals surface area (Å²) in [6.45, 7) is 10.1. The average Bonchev–Trinajstić information content (AvgIpc) is 3.06. The highest BCUT2D eigenvalue weighted by Crippen LogP contribution is 2.25. The molecule has 1 N–H and O–H groups in total. The molecule has 0 atom stereocenters. The summed E-state index contributed by atoms with van der Waals surface area (Å²) in [5.74, 6) is 1.80. The van der Waals surface area contributed by atoms with E-state index >= 15 is 0 Å². The Morgan fingerprint density at radius 3 is 2.64 bits per heavy atom. The third-order valence-electron chi connectivity index (χ3n) is 4.45. The average molecular weight is 379 g/mol. The van der Waals surface area contributed by atoms with Gasteiger partial charge in [-0.1, -0.05) is 37.2 Å². The molecule has 0 aliphatic rings. The van der Waals surface area contributed by atoms with Crippen LogP contribution in [0.1, 0.15) is 58.3 Å². The lowest BCUT2D eigenvalue weighted by molar-refractivity contribution is 0.0948. The number of aromatic nitrogens is 2. The van der Waals surface area contributed by atoms with Crippen LogP contribution in [-0.4, -0.2) is 16.0 Å². The van der Waals surface area contributed by atoms with E-state index in [1.54, 1.807) is 19.2 Å². The number of benzene rings is 1. The Hall–Kier alpha value is -3.15. The first-order chi connectivity index (χ1) is 13.3. The molecular weight excluding hydrogens is 354 g/mol. The summed E-state index contributed by atoms with van der Waals surface area (Å²) in [6.07, 6.45) is 1.70. The van der Waals surface area contributed by atoms with Crippen molar-refractivity contribution in [2.45, 2.75) is 47.1 Å². The Labute approximate surface area is 164 Å². The lowest BCUT2D eigenvalue weighted by Gasteiger charge is -2.10. The zero-order valence-electron chi connectivity index (χ0n) is 16.9. The number of hydrogen-bond donors (Lipinski definition) is 1. The fourth-order valence-electron chi connectivity index (χ4n) is 2.83. The molecule has 0 spiro atoms. The number of carbonyl (C=O) groups excluding carboxylic acids is 1. The number of nitrogens with zero attached hydrogens (tertiary/aromatic N) is 2. The van der Waals surface area contributed by atoms with Crippen LogP contribution in [0.5, 0.6) is 11.6 Å². The molecule has 6 nitrogen and oxygen atoms in total. The van der Waals surface area contributed by atoms with Crippen molar-refractivity contribution < 1.29 is 14.1 Å². The lowest BCUT2D eigenvalue weighted by Crippen LogP contribution is -2.24. The van der Waals surface area contributed by atoms with Crippen LogP contribution >= 0.6 is 0 Å². The molecule has 2 aromatic heterocycles. The van der Waals surface area contributed by atoms with Gasteiger partial charge in [-0.25, -0.2) is 4.98 Å². The van der Waals surface area contributed by atoms with Gasteiger partial charge in [-0.05, 0) is 43.5 Å². The molecule has 0 aliphatic carbocycles. The van der Waals surface area contributed by atoms with Crippen molar-refractivity contribution in [3.63, 3.8) is 0 Å². The summed E-state index contributed by atoms with van der Waals surface area (Å²) < 4.78 is 11.1. The maximum Gasteiger partial charge on any atom is 0.257 e. The van der Waals surface area contributed by atoms with Crippen LogP contribution in [0, 0.1) is 20.8 Å². The second-order valence-electron chi connectivity index (χ2n) is 7.22. The molecule has 0 unspecified atom stereocenters. The van der Waals surface area contributed by atoms with Crippen LogP contribution in [0.3, 0.4) is 0 Å². The van der Waals surface area contributed by atoms with Crippen molar-refractivity contribution in [3.05, 3.63) is 70.2 Å². The van der Waals surface area contributed by atoms with Crippen LogP contribution in [0.2, 0.25) is 0 Å². The minimum atomic E-state index is -0.196. The maximum atomic E-state index is 12.5. The molecule has 0 aliphatic heterocycles. The highest BCUT2D eigenvalue weighted by atomic mass is 16.5. The SMILES string of the molecule is Cc1ccc(C)c(Oc2ccc(CNC(=O)c3c(C)noc3C(C)C)cn2)c1. The van der Waals surface area contributed by atoms with E-state index in [-0.39, 0.29) is 11.8 Å². The Balaban J connectivity index is 1.64. The monoisotopic (exact) mass is 379 g/mol. The molecule has 146 valence electrons. The third kappa shape index (κ3) is 4.39. The fraction of sp³-hybridized carbons (Fsp3) is 0.318. The third-order valence-corrected chi connectivity index (χ3v) is 4.45. The molecular formula is C22H25N3O3. The molecule has 0 saturated carbocycles. The van der Waals surface area contributed by atoms with Gasteiger partial charge in [0.2, 0.25) is 5.88 Å². The van der Waals surface area contributed by atoms with Crippen LogP contribution in [0.25, 0.3) is 0 Å². The van der Waals surface area contributed by atoms with Crippen molar-refractivity contribution in [1.29, 1.82) is 0 Å². The number of ether oxygens (including phenoxy) is 1. The van der Waals surface area contributed by atoms with Gasteiger partial charge in [-0.15, -0.1) is 0 Å². The topological polar surface area (TPSA) is 77.2 Å². The lowest BCUT2D eigenvalue weighted by atomic mass is 10.0. The van der Waals surface area contributed by atoms with Gasteiger partial charge in [0, 0.05) is 24.7 Å². The summed E-state index contributed by atoms with van der Waals surface area (Å²) in [5.41, 5.74) is 4.16. The summed E-state index contributed by atoms with van der Waals surface area (Å²) in [5, 5.41) is 6.82. The summed E-state index contributed by atoms with van der Waals surface area (Å²) >= 11 is 0. The first-order valence-electron chi connectivity index (χ1n) is 9.29. The predicted octanol–water partition coefficient (Wildman–Crippen LogP) is 4.84. The Morgan fingerprint density at radius 1 is 1.18 bits per heavy atom. The van der Waals surface area contributed by atoms with Crippen molar-refractivity contribution in [2.75, 3.05) is 0 Å². The van der Waals surface area contributed by atoms with E-state index in [9.17, 15) is 4.79 Å². The number of rotatable bonds is 6. The van der Waals surface area contributed by atoms with E-state index in [1.807, 2.05) is 52.0 Å². The molecule has 1 amide bonds.